The molecule has 0 radical (unpaired) electrons. The molecule has 1 aliphatic heterocycles. The van der Waals surface area contributed by atoms with E-state index in [0.717, 1.165) is 4.90 Å². The number of carbonyl (C=O) groups is 2. The maximum Gasteiger partial charge on any atom is 0.262 e. The number of nitrogen functional groups attached to an aromatic ring is 1. The van der Waals surface area contributed by atoms with Gasteiger partial charge in [-0.15, -0.1) is 0 Å². The van der Waals surface area contributed by atoms with E-state index in [-0.39, 0.29) is 23.8 Å². The smallest absolute Gasteiger partial charge is 0.262 e. The van der Waals surface area contributed by atoms with E-state index in [1.165, 1.54) is 11.6 Å². The van der Waals surface area contributed by atoms with Gasteiger partial charge in [-0.3, -0.25) is 23.9 Å². The molecule has 2 heterocycles. The van der Waals surface area contributed by atoms with Crippen LogP contribution in [0.2, 0.25) is 0 Å². The van der Waals surface area contributed by atoms with Crippen LogP contribution in [0.4, 0.5) is 5.69 Å². The van der Waals surface area contributed by atoms with Crippen molar-refractivity contribution >= 4 is 28.4 Å². The number of aryl methyl sites for hydroxylation is 1. The second kappa shape index (κ2) is 5.49. The number of hydrogen-bond acceptors (Lipinski definition) is 5. The van der Waals surface area contributed by atoms with Crippen molar-refractivity contribution < 1.29 is 9.59 Å². The Balaban J connectivity index is 2.22. The van der Waals surface area contributed by atoms with Crippen LogP contribution in [-0.4, -0.2) is 33.3 Å². The van der Waals surface area contributed by atoms with Crippen molar-refractivity contribution in [2.75, 3.05) is 12.8 Å². The SMILES string of the molecule is CCc1nc2cc(N)ccc2c(=O)n1C1CCC(=O)N(C)C1=O. The van der Waals surface area contributed by atoms with Gasteiger partial charge in [-0.25, -0.2) is 4.98 Å². The Kier molecular flexibility index (Phi) is 3.63. The maximum atomic E-state index is 12.9. The fourth-order valence-electron chi connectivity index (χ4n) is 2.97. The average Bonchev–Trinajstić information content (AvgIpc) is 2.53. The first-order valence-electron chi connectivity index (χ1n) is 7.55. The van der Waals surface area contributed by atoms with Gasteiger partial charge in [0.2, 0.25) is 5.91 Å². The molecule has 1 unspecified atom stereocenters. The lowest BCUT2D eigenvalue weighted by Gasteiger charge is -2.30. The van der Waals surface area contributed by atoms with Crippen molar-refractivity contribution in [3.8, 4) is 0 Å². The minimum absolute atomic E-state index is 0.223. The third-order valence-corrected chi connectivity index (χ3v) is 4.25. The molecular formula is C16H18N4O3. The van der Waals surface area contributed by atoms with Crippen LogP contribution < -0.4 is 11.3 Å². The largest absolute Gasteiger partial charge is 0.399 e. The van der Waals surface area contributed by atoms with Crippen molar-refractivity contribution in [1.82, 2.24) is 14.5 Å². The van der Waals surface area contributed by atoms with Gasteiger partial charge in [-0.2, -0.15) is 0 Å². The molecule has 0 saturated carbocycles. The Bertz CT molecular complexity index is 871. The maximum absolute atomic E-state index is 12.9. The number of imide groups is 1. The van der Waals surface area contributed by atoms with Crippen LogP contribution in [0.25, 0.3) is 10.9 Å². The van der Waals surface area contributed by atoms with E-state index in [2.05, 4.69) is 4.98 Å². The average molecular weight is 314 g/mol. The van der Waals surface area contributed by atoms with E-state index < -0.39 is 6.04 Å². The zero-order valence-electron chi connectivity index (χ0n) is 13.1. The summed E-state index contributed by atoms with van der Waals surface area (Å²) in [5.41, 5.74) is 6.54. The fourth-order valence-corrected chi connectivity index (χ4v) is 2.97. The lowest BCUT2D eigenvalue weighted by atomic mass is 10.0. The van der Waals surface area contributed by atoms with Gasteiger partial charge >= 0.3 is 0 Å². The van der Waals surface area contributed by atoms with E-state index >= 15 is 0 Å². The molecule has 1 aromatic carbocycles. The molecule has 1 fully saturated rings. The summed E-state index contributed by atoms with van der Waals surface area (Å²) in [6.45, 7) is 1.87. The third kappa shape index (κ3) is 2.38. The summed E-state index contributed by atoms with van der Waals surface area (Å²) in [5, 5.41) is 0.420. The number of benzene rings is 1. The molecule has 2 aromatic rings. The molecule has 2 N–H and O–H groups in total. The molecule has 0 bridgehead atoms. The quantitative estimate of drug-likeness (QED) is 0.655. The van der Waals surface area contributed by atoms with Crippen LogP contribution in [0.5, 0.6) is 0 Å². The number of anilines is 1. The molecular weight excluding hydrogens is 296 g/mol. The van der Waals surface area contributed by atoms with Gasteiger partial charge < -0.3 is 5.73 Å². The standard InChI is InChI=1S/C16H18N4O3/c1-3-13-18-11-8-9(17)4-5-10(11)15(22)20(13)12-6-7-14(21)19(2)16(12)23/h4-5,8,12H,3,6-7,17H2,1-2H3. The predicted molar refractivity (Wildman–Crippen MR) is 85.8 cm³/mol. The summed E-state index contributed by atoms with van der Waals surface area (Å²) in [4.78, 5) is 42.6. The molecule has 7 nitrogen and oxygen atoms in total. The molecule has 1 aliphatic rings. The van der Waals surface area contributed by atoms with Crippen LogP contribution in [0.3, 0.4) is 0 Å². The number of carbonyl (C=O) groups excluding carboxylic acids is 2. The second-order valence-corrected chi connectivity index (χ2v) is 5.68. The summed E-state index contributed by atoms with van der Waals surface area (Å²) in [7, 11) is 1.45. The van der Waals surface area contributed by atoms with Gasteiger partial charge in [-0.1, -0.05) is 6.92 Å². The molecule has 120 valence electrons. The van der Waals surface area contributed by atoms with Crippen molar-refractivity contribution in [3.63, 3.8) is 0 Å². The molecule has 1 atom stereocenters. The first kappa shape index (κ1) is 15.2. The van der Waals surface area contributed by atoms with Crippen molar-refractivity contribution in [3.05, 3.63) is 34.4 Å². The number of likely N-dealkylation sites (N-methyl/N-ethyl adjacent to an activating group) is 1. The monoisotopic (exact) mass is 314 g/mol. The number of aromatic nitrogens is 2. The Hall–Kier alpha value is -2.70. The summed E-state index contributed by atoms with van der Waals surface area (Å²) >= 11 is 0. The van der Waals surface area contributed by atoms with E-state index in [1.807, 2.05) is 6.92 Å². The number of likely N-dealkylation sites (tertiary alicyclic amines) is 1. The lowest BCUT2D eigenvalue weighted by molar-refractivity contribution is -0.149. The number of rotatable bonds is 2. The van der Waals surface area contributed by atoms with Crippen LogP contribution >= 0.6 is 0 Å². The normalized spacial score (nSPS) is 18.7. The zero-order valence-corrected chi connectivity index (χ0v) is 13.1. The first-order chi connectivity index (χ1) is 10.9. The van der Waals surface area contributed by atoms with E-state index in [9.17, 15) is 14.4 Å². The van der Waals surface area contributed by atoms with Crippen LogP contribution in [-0.2, 0) is 16.0 Å². The molecule has 1 saturated heterocycles. The summed E-state index contributed by atoms with van der Waals surface area (Å²) in [5.74, 6) is -0.0669. The van der Waals surface area contributed by atoms with Gasteiger partial charge in [0, 0.05) is 25.6 Å². The number of hydrogen-bond donors (Lipinski definition) is 1. The summed E-state index contributed by atoms with van der Waals surface area (Å²) in [6.07, 6.45) is 1.06. The van der Waals surface area contributed by atoms with Crippen LogP contribution in [0.1, 0.15) is 31.6 Å². The number of piperidine rings is 1. The van der Waals surface area contributed by atoms with Crippen molar-refractivity contribution in [1.29, 1.82) is 0 Å². The Morgan fingerprint density at radius 2 is 2.04 bits per heavy atom. The highest BCUT2D eigenvalue weighted by atomic mass is 16.2. The van der Waals surface area contributed by atoms with Crippen molar-refractivity contribution in [2.24, 2.45) is 0 Å². The number of nitrogens with zero attached hydrogens (tertiary/aromatic N) is 3. The number of amides is 2. The molecule has 23 heavy (non-hydrogen) atoms. The Morgan fingerprint density at radius 3 is 2.74 bits per heavy atom. The zero-order chi connectivity index (χ0) is 16.7. The minimum Gasteiger partial charge on any atom is -0.399 e. The molecule has 7 heteroatoms. The Labute approximate surface area is 132 Å². The minimum atomic E-state index is -0.686. The molecule has 2 amide bonds. The van der Waals surface area contributed by atoms with E-state index in [1.54, 1.807) is 18.2 Å². The first-order valence-corrected chi connectivity index (χ1v) is 7.55. The fraction of sp³-hybridized carbons (Fsp3) is 0.375. The molecule has 0 spiro atoms. The van der Waals surface area contributed by atoms with Crippen molar-refractivity contribution in [2.45, 2.75) is 32.2 Å². The summed E-state index contributed by atoms with van der Waals surface area (Å²) < 4.78 is 1.43. The number of nitrogens with two attached hydrogens (primary N) is 1. The lowest BCUT2D eigenvalue weighted by Crippen LogP contribution is -2.46. The Morgan fingerprint density at radius 1 is 1.30 bits per heavy atom. The molecule has 0 aliphatic carbocycles. The number of fused-ring (bicyclic) bond motifs is 1. The van der Waals surface area contributed by atoms with Gasteiger partial charge in [-0.05, 0) is 24.6 Å². The second-order valence-electron chi connectivity index (χ2n) is 5.68. The van der Waals surface area contributed by atoms with Gasteiger partial charge in [0.15, 0.2) is 0 Å². The van der Waals surface area contributed by atoms with Crippen LogP contribution in [0, 0.1) is 0 Å². The van der Waals surface area contributed by atoms with Gasteiger partial charge in [0.1, 0.15) is 11.9 Å². The highest BCUT2D eigenvalue weighted by Gasteiger charge is 2.35. The van der Waals surface area contributed by atoms with E-state index in [0.29, 0.717) is 35.3 Å². The van der Waals surface area contributed by atoms with Crippen LogP contribution in [0.15, 0.2) is 23.0 Å². The van der Waals surface area contributed by atoms with Gasteiger partial charge in [0.25, 0.3) is 11.5 Å². The summed E-state index contributed by atoms with van der Waals surface area (Å²) in [6, 6.07) is 4.23. The predicted octanol–water partition coefficient (Wildman–Crippen LogP) is 0.861. The van der Waals surface area contributed by atoms with Gasteiger partial charge in [0.05, 0.1) is 10.9 Å². The van der Waals surface area contributed by atoms with E-state index in [4.69, 9.17) is 5.73 Å². The highest BCUT2D eigenvalue weighted by molar-refractivity contribution is 5.99. The topological polar surface area (TPSA) is 98.3 Å². The highest BCUT2D eigenvalue weighted by Crippen LogP contribution is 2.24. The molecule has 3 rings (SSSR count). The molecule has 1 aromatic heterocycles. The third-order valence-electron chi connectivity index (χ3n) is 4.25.